The highest BCUT2D eigenvalue weighted by Crippen LogP contribution is 2.28. The molecular formula is C14H12ClN3O2. The number of hydrazone groups is 1. The third kappa shape index (κ3) is 4.00. The lowest BCUT2D eigenvalue weighted by molar-refractivity contribution is 0.249. The number of carbonyl (C=O) groups excluding carboxylic acids is 1. The van der Waals surface area contributed by atoms with Crippen LogP contribution >= 0.6 is 11.6 Å². The standard InChI is InChI=1S/C14H12ClN3O2/c15-12-3-1-2-4-13(12)20-11-7-5-10(6-8-11)9-17-18-14(16)19/h1-9H,(H3,16,18,19)/b17-9-. The molecule has 2 amide bonds. The molecule has 0 saturated carbocycles. The Bertz CT molecular complexity index is 627. The topological polar surface area (TPSA) is 76.7 Å². The van der Waals surface area contributed by atoms with Gasteiger partial charge in [0.15, 0.2) is 0 Å². The minimum Gasteiger partial charge on any atom is -0.456 e. The van der Waals surface area contributed by atoms with Crippen molar-refractivity contribution in [1.82, 2.24) is 5.43 Å². The fourth-order valence-electron chi connectivity index (χ4n) is 1.45. The average molecular weight is 290 g/mol. The third-order valence-corrected chi connectivity index (χ3v) is 2.65. The summed E-state index contributed by atoms with van der Waals surface area (Å²) in [5, 5.41) is 4.20. The number of urea groups is 1. The van der Waals surface area contributed by atoms with E-state index in [4.69, 9.17) is 22.1 Å². The molecule has 5 nitrogen and oxygen atoms in total. The summed E-state index contributed by atoms with van der Waals surface area (Å²) in [4.78, 5) is 10.4. The lowest BCUT2D eigenvalue weighted by Gasteiger charge is -2.07. The molecule has 0 aliphatic heterocycles. The number of halogens is 1. The zero-order chi connectivity index (χ0) is 14.4. The fourth-order valence-corrected chi connectivity index (χ4v) is 1.62. The number of amides is 2. The SMILES string of the molecule is NC(=O)N/N=C\c1ccc(Oc2ccccc2Cl)cc1. The number of hydrogen-bond acceptors (Lipinski definition) is 3. The van der Waals surface area contributed by atoms with E-state index in [0.717, 1.165) is 5.56 Å². The Labute approximate surface area is 121 Å². The molecule has 0 aromatic heterocycles. The number of nitrogens with two attached hydrogens (primary N) is 1. The summed E-state index contributed by atoms with van der Waals surface area (Å²) in [7, 11) is 0. The van der Waals surface area contributed by atoms with Crippen molar-refractivity contribution >= 4 is 23.8 Å². The minimum atomic E-state index is -0.708. The monoisotopic (exact) mass is 289 g/mol. The first-order chi connectivity index (χ1) is 9.65. The summed E-state index contributed by atoms with van der Waals surface area (Å²) in [5.41, 5.74) is 7.80. The summed E-state index contributed by atoms with van der Waals surface area (Å²) in [6.07, 6.45) is 1.48. The number of hydrogen-bond donors (Lipinski definition) is 2. The second kappa shape index (κ2) is 6.58. The zero-order valence-electron chi connectivity index (χ0n) is 10.4. The molecule has 2 aromatic carbocycles. The number of rotatable bonds is 4. The summed E-state index contributed by atoms with van der Waals surface area (Å²) in [6.45, 7) is 0. The molecule has 0 bridgehead atoms. The lowest BCUT2D eigenvalue weighted by atomic mass is 10.2. The molecule has 2 rings (SSSR count). The van der Waals surface area contributed by atoms with Crippen LogP contribution in [0, 0.1) is 0 Å². The van der Waals surface area contributed by atoms with Crippen LogP contribution < -0.4 is 15.9 Å². The van der Waals surface area contributed by atoms with E-state index in [2.05, 4.69) is 10.5 Å². The maximum Gasteiger partial charge on any atom is 0.332 e. The molecule has 0 heterocycles. The molecule has 0 aliphatic carbocycles. The van der Waals surface area contributed by atoms with Crippen LogP contribution in [0.3, 0.4) is 0 Å². The molecule has 0 aliphatic rings. The molecular weight excluding hydrogens is 278 g/mol. The Hall–Kier alpha value is -2.53. The van der Waals surface area contributed by atoms with Gasteiger partial charge in [-0.2, -0.15) is 5.10 Å². The average Bonchev–Trinajstić information content (AvgIpc) is 2.43. The zero-order valence-corrected chi connectivity index (χ0v) is 11.2. The number of para-hydroxylation sites is 1. The van der Waals surface area contributed by atoms with Crippen LogP contribution in [-0.2, 0) is 0 Å². The first-order valence-electron chi connectivity index (χ1n) is 5.76. The minimum absolute atomic E-state index is 0.545. The number of carbonyl (C=O) groups is 1. The van der Waals surface area contributed by atoms with E-state index in [0.29, 0.717) is 16.5 Å². The van der Waals surface area contributed by atoms with E-state index in [1.54, 1.807) is 36.4 Å². The number of nitrogens with one attached hydrogen (secondary N) is 1. The molecule has 0 fully saturated rings. The second-order valence-electron chi connectivity index (χ2n) is 3.84. The van der Waals surface area contributed by atoms with Crippen LogP contribution in [0.15, 0.2) is 53.6 Å². The van der Waals surface area contributed by atoms with Crippen molar-refractivity contribution in [3.8, 4) is 11.5 Å². The Balaban J connectivity index is 2.03. The number of primary amides is 1. The molecule has 0 radical (unpaired) electrons. The quantitative estimate of drug-likeness (QED) is 0.670. The van der Waals surface area contributed by atoms with Crippen LogP contribution in [0.5, 0.6) is 11.5 Å². The van der Waals surface area contributed by atoms with Gasteiger partial charge in [-0.15, -0.1) is 0 Å². The van der Waals surface area contributed by atoms with Crippen molar-refractivity contribution < 1.29 is 9.53 Å². The predicted octanol–water partition coefficient (Wildman–Crippen LogP) is 3.13. The Morgan fingerprint density at radius 1 is 1.20 bits per heavy atom. The third-order valence-electron chi connectivity index (χ3n) is 2.33. The van der Waals surface area contributed by atoms with E-state index in [1.807, 2.05) is 12.1 Å². The highest BCUT2D eigenvalue weighted by Gasteiger charge is 2.01. The van der Waals surface area contributed by atoms with Gasteiger partial charge in [0, 0.05) is 0 Å². The van der Waals surface area contributed by atoms with Crippen molar-refractivity contribution in [1.29, 1.82) is 0 Å². The first-order valence-corrected chi connectivity index (χ1v) is 6.14. The smallest absolute Gasteiger partial charge is 0.332 e. The highest BCUT2D eigenvalue weighted by molar-refractivity contribution is 6.32. The molecule has 0 atom stereocenters. The summed E-state index contributed by atoms with van der Waals surface area (Å²) >= 11 is 6.01. The van der Waals surface area contributed by atoms with Crippen LogP contribution in [0.2, 0.25) is 5.02 Å². The van der Waals surface area contributed by atoms with Crippen molar-refractivity contribution in [3.05, 3.63) is 59.1 Å². The van der Waals surface area contributed by atoms with Crippen molar-refractivity contribution in [2.24, 2.45) is 10.8 Å². The van der Waals surface area contributed by atoms with E-state index in [1.165, 1.54) is 6.21 Å². The fraction of sp³-hybridized carbons (Fsp3) is 0. The lowest BCUT2D eigenvalue weighted by Crippen LogP contribution is -2.24. The maximum atomic E-state index is 10.4. The summed E-state index contributed by atoms with van der Waals surface area (Å²) < 4.78 is 5.64. The van der Waals surface area contributed by atoms with E-state index in [-0.39, 0.29) is 0 Å². The summed E-state index contributed by atoms with van der Waals surface area (Å²) in [6, 6.07) is 13.6. The van der Waals surface area contributed by atoms with Gasteiger partial charge in [-0.05, 0) is 42.0 Å². The van der Waals surface area contributed by atoms with Crippen molar-refractivity contribution in [2.45, 2.75) is 0 Å². The molecule has 20 heavy (non-hydrogen) atoms. The van der Waals surface area contributed by atoms with E-state index < -0.39 is 6.03 Å². The molecule has 3 N–H and O–H groups in total. The van der Waals surface area contributed by atoms with Gasteiger partial charge in [-0.25, -0.2) is 10.2 Å². The molecule has 6 heteroatoms. The van der Waals surface area contributed by atoms with Gasteiger partial charge in [0.2, 0.25) is 0 Å². The van der Waals surface area contributed by atoms with Crippen LogP contribution in [-0.4, -0.2) is 12.2 Å². The highest BCUT2D eigenvalue weighted by atomic mass is 35.5. The predicted molar refractivity (Wildman–Crippen MR) is 78.3 cm³/mol. The number of nitrogens with zero attached hydrogens (tertiary/aromatic N) is 1. The normalized spacial score (nSPS) is 10.4. The van der Waals surface area contributed by atoms with Crippen molar-refractivity contribution in [2.75, 3.05) is 0 Å². The second-order valence-corrected chi connectivity index (χ2v) is 4.24. The van der Waals surface area contributed by atoms with Gasteiger partial charge in [0.25, 0.3) is 0 Å². The van der Waals surface area contributed by atoms with Crippen LogP contribution in [0.1, 0.15) is 5.56 Å². The van der Waals surface area contributed by atoms with Gasteiger partial charge in [-0.3, -0.25) is 0 Å². The first kappa shape index (κ1) is 13.9. The van der Waals surface area contributed by atoms with Crippen LogP contribution in [0.25, 0.3) is 0 Å². The molecule has 0 spiro atoms. The van der Waals surface area contributed by atoms with Gasteiger partial charge in [0.1, 0.15) is 11.5 Å². The van der Waals surface area contributed by atoms with Gasteiger partial charge < -0.3 is 10.5 Å². The van der Waals surface area contributed by atoms with Gasteiger partial charge in [-0.1, -0.05) is 23.7 Å². The Morgan fingerprint density at radius 2 is 1.90 bits per heavy atom. The Kier molecular flexibility index (Phi) is 4.57. The number of benzene rings is 2. The van der Waals surface area contributed by atoms with E-state index in [9.17, 15) is 4.79 Å². The Morgan fingerprint density at radius 3 is 2.55 bits per heavy atom. The number of ether oxygens (including phenoxy) is 1. The van der Waals surface area contributed by atoms with E-state index >= 15 is 0 Å². The van der Waals surface area contributed by atoms with Gasteiger partial charge in [0.05, 0.1) is 11.2 Å². The maximum absolute atomic E-state index is 10.4. The molecule has 0 unspecified atom stereocenters. The van der Waals surface area contributed by atoms with Crippen LogP contribution in [0.4, 0.5) is 4.79 Å². The largest absolute Gasteiger partial charge is 0.456 e. The molecule has 2 aromatic rings. The van der Waals surface area contributed by atoms with Crippen molar-refractivity contribution in [3.63, 3.8) is 0 Å². The van der Waals surface area contributed by atoms with Gasteiger partial charge >= 0.3 is 6.03 Å². The summed E-state index contributed by atoms with van der Waals surface area (Å²) in [5.74, 6) is 1.24. The molecule has 0 saturated heterocycles. The molecule has 102 valence electrons.